The highest BCUT2D eigenvalue weighted by molar-refractivity contribution is 5.89. The van der Waals surface area contributed by atoms with Gasteiger partial charge in [-0.05, 0) is 19.1 Å². The third kappa shape index (κ3) is 2.70. The van der Waals surface area contributed by atoms with Crippen LogP contribution in [0.25, 0.3) is 0 Å². The van der Waals surface area contributed by atoms with Crippen LogP contribution >= 0.6 is 0 Å². The van der Waals surface area contributed by atoms with Gasteiger partial charge in [-0.25, -0.2) is 9.18 Å². The maximum atomic E-state index is 13.2. The second-order valence-electron chi connectivity index (χ2n) is 3.33. The van der Waals surface area contributed by atoms with Gasteiger partial charge in [0.2, 0.25) is 0 Å². The number of halogens is 1. The average molecular weight is 221 g/mol. The van der Waals surface area contributed by atoms with Crippen LogP contribution in [0.3, 0.4) is 0 Å². The molecule has 0 bridgehead atoms. The number of nitrogens with zero attached hydrogens (tertiary/aromatic N) is 2. The minimum absolute atomic E-state index is 0.101. The molecule has 1 rings (SSSR count). The molecule has 16 heavy (non-hydrogen) atoms. The SMILES string of the molecule is CC(C#N)N(C)C(=O)Nc1ccccc1F. The van der Waals surface area contributed by atoms with Crippen molar-refractivity contribution in [3.63, 3.8) is 0 Å². The fraction of sp³-hybridized carbons (Fsp3) is 0.273. The largest absolute Gasteiger partial charge is 0.322 e. The molecule has 0 heterocycles. The molecule has 84 valence electrons. The fourth-order valence-electron chi connectivity index (χ4n) is 1.03. The van der Waals surface area contributed by atoms with Gasteiger partial charge in [-0.15, -0.1) is 0 Å². The molecule has 1 aromatic carbocycles. The second-order valence-corrected chi connectivity index (χ2v) is 3.33. The summed E-state index contributed by atoms with van der Waals surface area (Å²) in [6.07, 6.45) is 0. The van der Waals surface area contributed by atoms with E-state index in [9.17, 15) is 9.18 Å². The molecule has 0 aliphatic heterocycles. The first-order valence-corrected chi connectivity index (χ1v) is 4.74. The van der Waals surface area contributed by atoms with Gasteiger partial charge >= 0.3 is 6.03 Å². The van der Waals surface area contributed by atoms with Crippen LogP contribution in [0.1, 0.15) is 6.92 Å². The number of benzene rings is 1. The lowest BCUT2D eigenvalue weighted by molar-refractivity contribution is 0.217. The minimum atomic E-state index is -0.563. The lowest BCUT2D eigenvalue weighted by Gasteiger charge is -2.19. The molecule has 0 aliphatic rings. The summed E-state index contributed by atoms with van der Waals surface area (Å²) in [6.45, 7) is 1.58. The van der Waals surface area contributed by atoms with Crippen molar-refractivity contribution >= 4 is 11.7 Å². The molecule has 0 saturated heterocycles. The number of hydrogen-bond acceptors (Lipinski definition) is 2. The van der Waals surface area contributed by atoms with Gasteiger partial charge in [0.05, 0.1) is 11.8 Å². The summed E-state index contributed by atoms with van der Waals surface area (Å²) >= 11 is 0. The van der Waals surface area contributed by atoms with E-state index in [0.717, 1.165) is 0 Å². The Kier molecular flexibility index (Phi) is 3.84. The van der Waals surface area contributed by atoms with Crippen molar-refractivity contribution in [2.45, 2.75) is 13.0 Å². The van der Waals surface area contributed by atoms with Crippen LogP contribution in [0, 0.1) is 17.1 Å². The van der Waals surface area contributed by atoms with Gasteiger partial charge < -0.3 is 10.2 Å². The number of carbonyl (C=O) groups is 1. The van der Waals surface area contributed by atoms with Gasteiger partial charge in [-0.1, -0.05) is 12.1 Å². The number of nitrogens with one attached hydrogen (secondary N) is 1. The highest BCUT2D eigenvalue weighted by Gasteiger charge is 2.15. The number of amides is 2. The maximum Gasteiger partial charge on any atom is 0.322 e. The van der Waals surface area contributed by atoms with Gasteiger partial charge in [-0.3, -0.25) is 0 Å². The van der Waals surface area contributed by atoms with Crippen molar-refractivity contribution < 1.29 is 9.18 Å². The van der Waals surface area contributed by atoms with Crippen LogP contribution in [0.15, 0.2) is 24.3 Å². The van der Waals surface area contributed by atoms with Gasteiger partial charge in [0.1, 0.15) is 11.9 Å². The Bertz CT molecular complexity index is 427. The first-order valence-electron chi connectivity index (χ1n) is 4.74. The molecule has 0 aliphatic carbocycles. The fourth-order valence-corrected chi connectivity index (χ4v) is 1.03. The number of rotatable bonds is 2. The summed E-state index contributed by atoms with van der Waals surface area (Å²) in [5.41, 5.74) is 0.101. The standard InChI is InChI=1S/C11H12FN3O/c1-8(7-13)15(2)11(16)14-10-6-4-3-5-9(10)12/h3-6,8H,1-2H3,(H,14,16). The molecule has 0 spiro atoms. The maximum absolute atomic E-state index is 13.2. The zero-order valence-electron chi connectivity index (χ0n) is 9.07. The lowest BCUT2D eigenvalue weighted by Crippen LogP contribution is -2.37. The summed E-state index contributed by atoms with van der Waals surface area (Å²) in [6, 6.07) is 6.70. The summed E-state index contributed by atoms with van der Waals surface area (Å²) in [4.78, 5) is 12.8. The number of hydrogen-bond donors (Lipinski definition) is 1. The third-order valence-corrected chi connectivity index (χ3v) is 2.20. The molecule has 0 aromatic heterocycles. The molecule has 2 amide bonds. The van der Waals surface area contributed by atoms with Gasteiger partial charge in [0.15, 0.2) is 0 Å². The molecule has 1 unspecified atom stereocenters. The van der Waals surface area contributed by atoms with Gasteiger partial charge in [-0.2, -0.15) is 5.26 Å². The molecule has 0 radical (unpaired) electrons. The summed E-state index contributed by atoms with van der Waals surface area (Å²) in [7, 11) is 1.48. The summed E-state index contributed by atoms with van der Waals surface area (Å²) < 4.78 is 13.2. The molecule has 0 saturated carbocycles. The number of carbonyl (C=O) groups excluding carboxylic acids is 1. The van der Waals surface area contributed by atoms with Crippen LogP contribution in [0.2, 0.25) is 0 Å². The molecule has 5 heteroatoms. The Morgan fingerprint density at radius 1 is 1.56 bits per heavy atom. The van der Waals surface area contributed by atoms with Crippen molar-refractivity contribution in [1.29, 1.82) is 5.26 Å². The Balaban J connectivity index is 2.73. The zero-order valence-corrected chi connectivity index (χ0v) is 9.07. The predicted octanol–water partition coefficient (Wildman–Crippen LogP) is 2.20. The van der Waals surface area contributed by atoms with Crippen molar-refractivity contribution in [3.8, 4) is 6.07 Å². The van der Waals surface area contributed by atoms with Crippen LogP contribution in [0.5, 0.6) is 0 Å². The third-order valence-electron chi connectivity index (χ3n) is 2.20. The Morgan fingerprint density at radius 2 is 2.19 bits per heavy atom. The van der Waals surface area contributed by atoms with Crippen molar-refractivity contribution in [3.05, 3.63) is 30.1 Å². The predicted molar refractivity (Wildman–Crippen MR) is 58.3 cm³/mol. The zero-order chi connectivity index (χ0) is 12.1. The number of anilines is 1. The molecular weight excluding hydrogens is 209 g/mol. The van der Waals surface area contributed by atoms with E-state index in [1.807, 2.05) is 6.07 Å². The number of urea groups is 1. The van der Waals surface area contributed by atoms with Crippen LogP contribution < -0.4 is 5.32 Å². The minimum Gasteiger partial charge on any atom is -0.312 e. The van der Waals surface area contributed by atoms with Gasteiger partial charge in [0, 0.05) is 7.05 Å². The first-order chi connectivity index (χ1) is 7.56. The topological polar surface area (TPSA) is 56.1 Å². The second kappa shape index (κ2) is 5.12. The Morgan fingerprint density at radius 3 is 2.75 bits per heavy atom. The van der Waals surface area contributed by atoms with Crippen molar-refractivity contribution in [1.82, 2.24) is 4.90 Å². The van der Waals surface area contributed by atoms with E-state index < -0.39 is 17.9 Å². The molecule has 1 aromatic rings. The van der Waals surface area contributed by atoms with E-state index >= 15 is 0 Å². The highest BCUT2D eigenvalue weighted by Crippen LogP contribution is 2.13. The van der Waals surface area contributed by atoms with Gasteiger partial charge in [0.25, 0.3) is 0 Å². The number of nitriles is 1. The molecule has 4 nitrogen and oxygen atoms in total. The van der Waals surface area contributed by atoms with E-state index in [0.29, 0.717) is 0 Å². The first kappa shape index (κ1) is 12.0. The van der Waals surface area contributed by atoms with E-state index in [2.05, 4.69) is 5.32 Å². The summed E-state index contributed by atoms with van der Waals surface area (Å²) in [5, 5.41) is 11.0. The average Bonchev–Trinajstić information content (AvgIpc) is 2.30. The van der Waals surface area contributed by atoms with E-state index in [4.69, 9.17) is 5.26 Å². The van der Waals surface area contributed by atoms with Crippen molar-refractivity contribution in [2.24, 2.45) is 0 Å². The lowest BCUT2D eigenvalue weighted by atomic mass is 10.3. The van der Waals surface area contributed by atoms with Crippen LogP contribution in [-0.4, -0.2) is 24.0 Å². The van der Waals surface area contributed by atoms with Crippen LogP contribution in [0.4, 0.5) is 14.9 Å². The molecule has 1 N–H and O–H groups in total. The number of para-hydroxylation sites is 1. The van der Waals surface area contributed by atoms with Crippen molar-refractivity contribution in [2.75, 3.05) is 12.4 Å². The monoisotopic (exact) mass is 221 g/mol. The van der Waals surface area contributed by atoms with Crippen LogP contribution in [-0.2, 0) is 0 Å². The summed E-state index contributed by atoms with van der Waals surface area (Å²) in [5.74, 6) is -0.506. The highest BCUT2D eigenvalue weighted by atomic mass is 19.1. The molecule has 0 fully saturated rings. The normalized spacial score (nSPS) is 11.4. The molecule has 1 atom stereocenters. The molecular formula is C11H12FN3O. The Labute approximate surface area is 93.3 Å². The Hall–Kier alpha value is -2.09. The van der Waals surface area contributed by atoms with E-state index in [-0.39, 0.29) is 5.69 Å². The van der Waals surface area contributed by atoms with E-state index in [1.54, 1.807) is 13.0 Å². The smallest absolute Gasteiger partial charge is 0.312 e. The quantitative estimate of drug-likeness (QED) is 0.832. The van der Waals surface area contributed by atoms with E-state index in [1.165, 1.54) is 30.1 Å².